The molecule has 0 saturated carbocycles. The van der Waals surface area contributed by atoms with Gasteiger partial charge in [0.2, 0.25) is 0 Å². The zero-order chi connectivity index (χ0) is 11.1. The van der Waals surface area contributed by atoms with Gasteiger partial charge in [-0.2, -0.15) is 0 Å². The Morgan fingerprint density at radius 2 is 1.59 bits per heavy atom. The van der Waals surface area contributed by atoms with Gasteiger partial charge in [0.15, 0.2) is 0 Å². The molecule has 0 atom stereocenters. The summed E-state index contributed by atoms with van der Waals surface area (Å²) in [5, 5.41) is 0. The van der Waals surface area contributed by atoms with E-state index >= 15 is 0 Å². The van der Waals surface area contributed by atoms with Gasteiger partial charge < -0.3 is 10.4 Å². The van der Waals surface area contributed by atoms with Crippen LogP contribution in [0.2, 0.25) is 0 Å². The highest BCUT2D eigenvalue weighted by molar-refractivity contribution is 5.79. The Labute approximate surface area is 102 Å². The summed E-state index contributed by atoms with van der Waals surface area (Å²) >= 11 is 0. The van der Waals surface area contributed by atoms with Crippen LogP contribution in [0.25, 0.3) is 11.1 Å². The van der Waals surface area contributed by atoms with Gasteiger partial charge in [-0.1, -0.05) is 36.4 Å². The number of rotatable bonds is 1. The van der Waals surface area contributed by atoms with Crippen molar-refractivity contribution in [2.75, 3.05) is 14.1 Å². The predicted molar refractivity (Wildman–Crippen MR) is 69.1 cm³/mol. The Kier molecular flexibility index (Phi) is 3.01. The SMILES string of the molecule is C[NH+](C)c1cccc2c1Cc1ccccc1-2.[OH-]. The standard InChI is InChI=1S/C15H15N.H2O/c1-16(2)15-9-5-8-13-12-7-4-3-6-11(12)10-14(13)15;/h3-9H,10H2,1-2H3;1H2. The molecule has 88 valence electrons. The van der Waals surface area contributed by atoms with E-state index in [2.05, 4.69) is 56.6 Å². The number of hydrogen-bond acceptors (Lipinski definition) is 1. The molecular formula is C15H17NO. The summed E-state index contributed by atoms with van der Waals surface area (Å²) in [6, 6.07) is 15.4. The molecule has 1 aliphatic carbocycles. The molecule has 0 bridgehead atoms. The Morgan fingerprint density at radius 3 is 2.35 bits per heavy atom. The molecule has 0 spiro atoms. The molecule has 2 aromatic carbocycles. The van der Waals surface area contributed by atoms with Crippen LogP contribution in [0.4, 0.5) is 5.69 Å². The predicted octanol–water partition coefficient (Wildman–Crippen LogP) is 1.86. The molecule has 3 rings (SSSR count). The third kappa shape index (κ3) is 1.75. The van der Waals surface area contributed by atoms with Crippen LogP contribution in [-0.2, 0) is 6.42 Å². The Bertz CT molecular complexity index is 546. The zero-order valence-electron chi connectivity index (χ0n) is 10.2. The number of benzene rings is 2. The number of nitrogens with one attached hydrogen (secondary N) is 1. The molecule has 0 amide bonds. The summed E-state index contributed by atoms with van der Waals surface area (Å²) in [5.74, 6) is 0. The van der Waals surface area contributed by atoms with Gasteiger partial charge in [0.05, 0.1) is 14.1 Å². The second kappa shape index (κ2) is 4.32. The molecule has 0 aromatic heterocycles. The van der Waals surface area contributed by atoms with Crippen LogP contribution in [-0.4, -0.2) is 19.6 Å². The topological polar surface area (TPSA) is 34.4 Å². The maximum Gasteiger partial charge on any atom is 0.134 e. The molecule has 0 fully saturated rings. The molecule has 1 aliphatic rings. The van der Waals surface area contributed by atoms with Gasteiger partial charge in [0.25, 0.3) is 0 Å². The second-order valence-electron chi connectivity index (χ2n) is 4.67. The molecule has 2 heteroatoms. The first-order chi connectivity index (χ1) is 7.77. The van der Waals surface area contributed by atoms with E-state index in [1.165, 1.54) is 32.8 Å². The fraction of sp³-hybridized carbons (Fsp3) is 0.200. The molecule has 17 heavy (non-hydrogen) atoms. The van der Waals surface area contributed by atoms with Gasteiger partial charge in [-0.25, -0.2) is 0 Å². The van der Waals surface area contributed by atoms with Gasteiger partial charge >= 0.3 is 0 Å². The van der Waals surface area contributed by atoms with Crippen LogP contribution in [0.1, 0.15) is 11.1 Å². The second-order valence-corrected chi connectivity index (χ2v) is 4.67. The summed E-state index contributed by atoms with van der Waals surface area (Å²) in [6.07, 6.45) is 1.09. The smallest absolute Gasteiger partial charge is 0.134 e. The highest BCUT2D eigenvalue weighted by atomic mass is 16.0. The maximum atomic E-state index is 2.24. The van der Waals surface area contributed by atoms with E-state index in [0.29, 0.717) is 0 Å². The van der Waals surface area contributed by atoms with Crippen LogP contribution in [0.5, 0.6) is 0 Å². The average Bonchev–Trinajstić information content (AvgIpc) is 2.67. The highest BCUT2D eigenvalue weighted by Crippen LogP contribution is 2.38. The van der Waals surface area contributed by atoms with E-state index in [-0.39, 0.29) is 5.48 Å². The Morgan fingerprint density at radius 1 is 0.882 bits per heavy atom. The summed E-state index contributed by atoms with van der Waals surface area (Å²) in [6.45, 7) is 0. The van der Waals surface area contributed by atoms with Crippen LogP contribution < -0.4 is 4.90 Å². The average molecular weight is 227 g/mol. The minimum Gasteiger partial charge on any atom is -0.870 e. The Balaban J connectivity index is 0.00000108. The highest BCUT2D eigenvalue weighted by Gasteiger charge is 2.22. The fourth-order valence-corrected chi connectivity index (χ4v) is 2.63. The number of fused-ring (bicyclic) bond motifs is 3. The van der Waals surface area contributed by atoms with E-state index in [0.717, 1.165) is 6.42 Å². The number of quaternary nitrogens is 1. The minimum atomic E-state index is 0. The lowest BCUT2D eigenvalue weighted by molar-refractivity contribution is -0.786. The van der Waals surface area contributed by atoms with Gasteiger partial charge in [-0.05, 0) is 22.8 Å². The quantitative estimate of drug-likeness (QED) is 0.676. The normalized spacial score (nSPS) is 11.9. The van der Waals surface area contributed by atoms with Crippen molar-refractivity contribution < 1.29 is 10.4 Å². The first-order valence-electron chi connectivity index (χ1n) is 5.78. The molecule has 0 heterocycles. The van der Waals surface area contributed by atoms with Crippen molar-refractivity contribution in [3.8, 4) is 11.1 Å². The van der Waals surface area contributed by atoms with Gasteiger partial charge in [-0.3, -0.25) is 0 Å². The summed E-state index contributed by atoms with van der Waals surface area (Å²) in [7, 11) is 4.39. The molecule has 0 unspecified atom stereocenters. The summed E-state index contributed by atoms with van der Waals surface area (Å²) in [5.41, 5.74) is 7.23. The van der Waals surface area contributed by atoms with Crippen molar-refractivity contribution in [3.05, 3.63) is 53.6 Å². The molecule has 2 nitrogen and oxygen atoms in total. The molecule has 0 saturated heterocycles. The Hall–Kier alpha value is -1.64. The van der Waals surface area contributed by atoms with E-state index in [4.69, 9.17) is 0 Å². The molecule has 0 aliphatic heterocycles. The largest absolute Gasteiger partial charge is 0.870 e. The van der Waals surface area contributed by atoms with E-state index in [9.17, 15) is 0 Å². The lowest BCUT2D eigenvalue weighted by Gasteiger charge is -2.11. The first kappa shape index (κ1) is 11.8. The van der Waals surface area contributed by atoms with Gasteiger partial charge in [0.1, 0.15) is 5.69 Å². The van der Waals surface area contributed by atoms with Crippen molar-refractivity contribution in [3.63, 3.8) is 0 Å². The summed E-state index contributed by atoms with van der Waals surface area (Å²) < 4.78 is 0. The van der Waals surface area contributed by atoms with Gasteiger partial charge in [-0.15, -0.1) is 0 Å². The van der Waals surface area contributed by atoms with Crippen LogP contribution >= 0.6 is 0 Å². The minimum absolute atomic E-state index is 0. The molecule has 0 radical (unpaired) electrons. The molecule has 2 aromatic rings. The van der Waals surface area contributed by atoms with Crippen molar-refractivity contribution in [2.45, 2.75) is 6.42 Å². The zero-order valence-corrected chi connectivity index (χ0v) is 10.2. The van der Waals surface area contributed by atoms with Crippen molar-refractivity contribution in [1.29, 1.82) is 0 Å². The van der Waals surface area contributed by atoms with Crippen molar-refractivity contribution in [2.24, 2.45) is 0 Å². The van der Waals surface area contributed by atoms with E-state index in [1.54, 1.807) is 0 Å². The maximum absolute atomic E-state index is 2.24. The van der Waals surface area contributed by atoms with Crippen LogP contribution in [0, 0.1) is 0 Å². The van der Waals surface area contributed by atoms with Crippen molar-refractivity contribution >= 4 is 5.69 Å². The first-order valence-corrected chi connectivity index (χ1v) is 5.78. The third-order valence-corrected chi connectivity index (χ3v) is 3.39. The summed E-state index contributed by atoms with van der Waals surface area (Å²) in [4.78, 5) is 1.41. The fourth-order valence-electron chi connectivity index (χ4n) is 2.63. The van der Waals surface area contributed by atoms with Gasteiger partial charge in [0, 0.05) is 12.0 Å². The van der Waals surface area contributed by atoms with Crippen LogP contribution in [0.3, 0.4) is 0 Å². The lowest BCUT2D eigenvalue weighted by Crippen LogP contribution is -3.00. The number of hydrogen-bond donors (Lipinski definition) is 1. The van der Waals surface area contributed by atoms with E-state index in [1.807, 2.05) is 0 Å². The molecule has 2 N–H and O–H groups in total. The van der Waals surface area contributed by atoms with Crippen molar-refractivity contribution in [1.82, 2.24) is 0 Å². The molecular weight excluding hydrogens is 210 g/mol. The van der Waals surface area contributed by atoms with E-state index < -0.39 is 0 Å². The lowest BCUT2D eigenvalue weighted by atomic mass is 10.0. The third-order valence-electron chi connectivity index (χ3n) is 3.39. The van der Waals surface area contributed by atoms with Crippen LogP contribution in [0.15, 0.2) is 42.5 Å². The monoisotopic (exact) mass is 227 g/mol.